The van der Waals surface area contributed by atoms with Gasteiger partial charge in [-0.1, -0.05) is 79.9 Å². The van der Waals surface area contributed by atoms with Gasteiger partial charge < -0.3 is 9.64 Å². The number of hydrogen-bond donors (Lipinski definition) is 0. The lowest BCUT2D eigenvalue weighted by Crippen LogP contribution is -2.56. The van der Waals surface area contributed by atoms with Crippen molar-refractivity contribution in [1.82, 2.24) is 4.90 Å². The second-order valence-electron chi connectivity index (χ2n) is 9.20. The lowest BCUT2D eigenvalue weighted by atomic mass is 9.75. The van der Waals surface area contributed by atoms with E-state index in [1.54, 1.807) is 0 Å². The van der Waals surface area contributed by atoms with E-state index in [0.717, 1.165) is 31.9 Å². The molecule has 0 radical (unpaired) electrons. The summed E-state index contributed by atoms with van der Waals surface area (Å²) in [5, 5.41) is 0. The molecule has 0 unspecified atom stereocenters. The van der Waals surface area contributed by atoms with Gasteiger partial charge in [-0.25, -0.2) is 0 Å². The Morgan fingerprint density at radius 2 is 1.32 bits per heavy atom. The number of nitrogens with zero attached hydrogens (tertiary/aromatic N) is 2. The number of rotatable bonds is 6. The average molecular weight is 500 g/mol. The van der Waals surface area contributed by atoms with Crippen LogP contribution in [0.3, 0.4) is 0 Å². The van der Waals surface area contributed by atoms with Gasteiger partial charge in [0.15, 0.2) is 0 Å². The maximum Gasteiger partial charge on any atom is 0.120 e. The molecular weight excluding hydrogens is 463 g/mol. The molecule has 5 heteroatoms. The number of anilines is 1. The zero-order valence-corrected chi connectivity index (χ0v) is 21.4. The predicted octanol–water partition coefficient (Wildman–Crippen LogP) is 7.09. The number of ether oxygens (including phenoxy) is 1. The molecule has 1 saturated heterocycles. The van der Waals surface area contributed by atoms with Crippen LogP contribution in [0.15, 0.2) is 84.9 Å². The molecule has 182 valence electrons. The van der Waals surface area contributed by atoms with Crippen LogP contribution in [-0.4, -0.2) is 31.1 Å². The van der Waals surface area contributed by atoms with Crippen molar-refractivity contribution in [3.63, 3.8) is 0 Å². The minimum absolute atomic E-state index is 0. The molecule has 1 aliphatic carbocycles. The minimum atomic E-state index is 0. The van der Waals surface area contributed by atoms with Crippen LogP contribution in [0, 0.1) is 0 Å². The molecule has 34 heavy (non-hydrogen) atoms. The molecular formula is C29H36Cl2N2O. The molecule has 1 heterocycles. The Balaban J connectivity index is 0.00000162. The Bertz CT molecular complexity index is 985. The summed E-state index contributed by atoms with van der Waals surface area (Å²) in [4.78, 5) is 5.31. The summed E-state index contributed by atoms with van der Waals surface area (Å²) in [6.45, 7) is 5.03. The van der Waals surface area contributed by atoms with Crippen molar-refractivity contribution in [1.29, 1.82) is 0 Å². The van der Waals surface area contributed by atoms with Crippen molar-refractivity contribution in [2.24, 2.45) is 0 Å². The van der Waals surface area contributed by atoms with Crippen LogP contribution >= 0.6 is 24.8 Å². The molecule has 1 aliphatic heterocycles. The van der Waals surface area contributed by atoms with Crippen LogP contribution in [0.25, 0.3) is 0 Å². The van der Waals surface area contributed by atoms with Crippen molar-refractivity contribution in [3.8, 4) is 5.75 Å². The van der Waals surface area contributed by atoms with Gasteiger partial charge >= 0.3 is 0 Å². The molecule has 2 fully saturated rings. The van der Waals surface area contributed by atoms with E-state index in [0.29, 0.717) is 6.61 Å². The van der Waals surface area contributed by atoms with E-state index in [1.807, 2.05) is 0 Å². The molecule has 3 aromatic rings. The highest BCUT2D eigenvalue weighted by atomic mass is 35.5. The fourth-order valence-electron chi connectivity index (χ4n) is 5.57. The topological polar surface area (TPSA) is 15.7 Å². The Morgan fingerprint density at radius 1 is 0.676 bits per heavy atom. The van der Waals surface area contributed by atoms with Crippen LogP contribution in [0.5, 0.6) is 5.75 Å². The van der Waals surface area contributed by atoms with Gasteiger partial charge in [-0.3, -0.25) is 4.90 Å². The third-order valence-electron chi connectivity index (χ3n) is 7.31. The van der Waals surface area contributed by atoms with Crippen molar-refractivity contribution in [2.75, 3.05) is 31.1 Å². The normalized spacial score (nSPS) is 17.8. The molecule has 0 aromatic heterocycles. The van der Waals surface area contributed by atoms with Gasteiger partial charge in [0.1, 0.15) is 12.4 Å². The van der Waals surface area contributed by atoms with Gasteiger partial charge in [0.25, 0.3) is 0 Å². The lowest BCUT2D eigenvalue weighted by Gasteiger charge is -2.50. The van der Waals surface area contributed by atoms with E-state index in [-0.39, 0.29) is 30.4 Å². The van der Waals surface area contributed by atoms with Gasteiger partial charge in [-0.2, -0.15) is 0 Å². The predicted molar refractivity (Wildman–Crippen MR) is 147 cm³/mol. The second kappa shape index (κ2) is 12.5. The minimum Gasteiger partial charge on any atom is -0.489 e. The van der Waals surface area contributed by atoms with Crippen molar-refractivity contribution in [3.05, 3.63) is 96.1 Å². The summed E-state index contributed by atoms with van der Waals surface area (Å²) in [6, 6.07) is 30.2. The number of halogens is 2. The highest BCUT2D eigenvalue weighted by molar-refractivity contribution is 5.85. The van der Waals surface area contributed by atoms with E-state index in [1.165, 1.54) is 48.9 Å². The molecule has 0 bridgehead atoms. The third-order valence-corrected chi connectivity index (χ3v) is 7.31. The second-order valence-corrected chi connectivity index (χ2v) is 9.20. The van der Waals surface area contributed by atoms with Gasteiger partial charge in [0.05, 0.1) is 0 Å². The van der Waals surface area contributed by atoms with Crippen LogP contribution < -0.4 is 9.64 Å². The molecule has 0 atom stereocenters. The Kier molecular flexibility index (Phi) is 9.70. The van der Waals surface area contributed by atoms with Gasteiger partial charge in [-0.15, -0.1) is 24.8 Å². The zero-order chi connectivity index (χ0) is 21.6. The van der Waals surface area contributed by atoms with Gasteiger partial charge in [0.2, 0.25) is 0 Å². The monoisotopic (exact) mass is 498 g/mol. The smallest absolute Gasteiger partial charge is 0.120 e. The summed E-state index contributed by atoms with van der Waals surface area (Å²) < 4.78 is 6.20. The van der Waals surface area contributed by atoms with Crippen LogP contribution in [0.4, 0.5) is 5.69 Å². The highest BCUT2D eigenvalue weighted by Gasteiger charge is 2.40. The third kappa shape index (κ3) is 5.89. The number of benzene rings is 3. The standard InChI is InChI=1S/C29H34N2O.2ClH/c1-4-11-25(12-5-1)24-32-28-16-10-13-26(23-28)29(17-8-3-9-18-29)31-21-19-30(20-22-31)27-14-6-2-7-15-27;;/h1-2,4-7,10-16,23H,3,8-9,17-22,24H2;2*1H. The first-order valence-corrected chi connectivity index (χ1v) is 12.2. The van der Waals surface area contributed by atoms with E-state index < -0.39 is 0 Å². The first kappa shape index (κ1) is 26.4. The molecule has 2 aliphatic rings. The van der Waals surface area contributed by atoms with E-state index in [4.69, 9.17) is 4.74 Å². The molecule has 1 saturated carbocycles. The van der Waals surface area contributed by atoms with Gasteiger partial charge in [0, 0.05) is 37.4 Å². The first-order valence-electron chi connectivity index (χ1n) is 12.2. The van der Waals surface area contributed by atoms with Crippen molar-refractivity contribution >= 4 is 30.5 Å². The Labute approximate surface area is 216 Å². The van der Waals surface area contributed by atoms with Crippen molar-refractivity contribution < 1.29 is 4.74 Å². The zero-order valence-electron chi connectivity index (χ0n) is 19.8. The number of piperazine rings is 1. The fraction of sp³-hybridized carbons (Fsp3) is 0.379. The lowest BCUT2D eigenvalue weighted by molar-refractivity contribution is 0.0414. The quantitative estimate of drug-likeness (QED) is 0.360. The maximum absolute atomic E-state index is 6.20. The molecule has 0 amide bonds. The molecule has 0 N–H and O–H groups in total. The number of para-hydroxylation sites is 1. The van der Waals surface area contributed by atoms with E-state index >= 15 is 0 Å². The summed E-state index contributed by atoms with van der Waals surface area (Å²) in [5.74, 6) is 0.985. The number of hydrogen-bond acceptors (Lipinski definition) is 3. The largest absolute Gasteiger partial charge is 0.489 e. The van der Waals surface area contributed by atoms with Crippen molar-refractivity contribution in [2.45, 2.75) is 44.2 Å². The maximum atomic E-state index is 6.20. The summed E-state index contributed by atoms with van der Waals surface area (Å²) in [7, 11) is 0. The summed E-state index contributed by atoms with van der Waals surface area (Å²) in [5.41, 5.74) is 4.15. The van der Waals surface area contributed by atoms with Crippen LogP contribution in [-0.2, 0) is 12.1 Å². The van der Waals surface area contributed by atoms with Crippen LogP contribution in [0.2, 0.25) is 0 Å². The molecule has 5 rings (SSSR count). The average Bonchev–Trinajstić information content (AvgIpc) is 2.89. The highest BCUT2D eigenvalue weighted by Crippen LogP contribution is 2.44. The van der Waals surface area contributed by atoms with Crippen LogP contribution in [0.1, 0.15) is 43.2 Å². The van der Waals surface area contributed by atoms with E-state index in [9.17, 15) is 0 Å². The SMILES string of the molecule is Cl.Cl.c1ccc(COc2cccc(C3(N4CCN(c5ccccc5)CC4)CCCCC3)c2)cc1. The first-order chi connectivity index (χ1) is 15.8. The Morgan fingerprint density at radius 3 is 2.00 bits per heavy atom. The Hall–Kier alpha value is -2.20. The molecule has 3 nitrogen and oxygen atoms in total. The summed E-state index contributed by atoms with van der Waals surface area (Å²) >= 11 is 0. The molecule has 3 aromatic carbocycles. The fourth-order valence-corrected chi connectivity index (χ4v) is 5.57. The molecule has 0 spiro atoms. The summed E-state index contributed by atoms with van der Waals surface area (Å²) in [6.07, 6.45) is 6.48. The van der Waals surface area contributed by atoms with E-state index in [2.05, 4.69) is 94.7 Å². The van der Waals surface area contributed by atoms with Gasteiger partial charge in [-0.05, 0) is 48.2 Å².